The standard InChI is InChI=1S/C83H153N2O6P/c1-6-8-10-12-14-16-18-20-22-24-26-28-30-32-34-36-37-38-39-40-41-42-43-44-45-46-47-49-51-53-55-57-59-61-63-65-67-69-71-73-75-77-83(87)84-81(80-91-92(88,89)90-79-78-85(3,4)5)82(86)76-74-72-70-68-66-64-62-60-58-56-54-52-50-48-35-33-31-29-27-25-23-21-19-17-15-13-11-9-7-2/h8,10,14,16,20,22,26,28,32,34,37-38,66,68,74,76,81-82,86H,6-7,9,11-13,15,17-19,21,23-25,27,29-31,33,35-36,39-65,67,69-73,75,77-80H2,1-5H3,(H-,84,87,88,89)/p+1/b10-8-,16-14-,22-20-,28-26-,34-32-,38-37-,68-66+,76-74+. The summed E-state index contributed by atoms with van der Waals surface area (Å²) in [6, 6.07) is -0.868. The van der Waals surface area contributed by atoms with Crippen molar-refractivity contribution in [3.05, 3.63) is 97.2 Å². The molecule has 1 amide bonds. The Balaban J connectivity index is 3.98. The third-order valence-electron chi connectivity index (χ3n) is 17.8. The topological polar surface area (TPSA) is 105 Å². The van der Waals surface area contributed by atoms with Crippen LogP contribution in [0.15, 0.2) is 97.2 Å². The number of quaternary nitrogens is 1. The minimum Gasteiger partial charge on any atom is -0.387 e. The third kappa shape index (κ3) is 74.8. The predicted octanol–water partition coefficient (Wildman–Crippen LogP) is 26.0. The van der Waals surface area contributed by atoms with E-state index in [0.29, 0.717) is 17.4 Å². The Morgan fingerprint density at radius 3 is 1.00 bits per heavy atom. The summed E-state index contributed by atoms with van der Waals surface area (Å²) in [7, 11) is 1.57. The first-order chi connectivity index (χ1) is 45.0. The number of rotatable bonds is 73. The van der Waals surface area contributed by atoms with E-state index in [2.05, 4.69) is 104 Å². The van der Waals surface area contributed by atoms with Crippen molar-refractivity contribution in [3.63, 3.8) is 0 Å². The van der Waals surface area contributed by atoms with Crippen LogP contribution in [0.5, 0.6) is 0 Å². The summed E-state index contributed by atoms with van der Waals surface area (Å²) in [6.07, 6.45) is 106. The molecule has 0 heterocycles. The highest BCUT2D eigenvalue weighted by Crippen LogP contribution is 2.43. The smallest absolute Gasteiger partial charge is 0.387 e. The van der Waals surface area contributed by atoms with E-state index in [1.54, 1.807) is 6.08 Å². The van der Waals surface area contributed by atoms with Crippen LogP contribution >= 0.6 is 7.82 Å². The number of nitrogens with zero attached hydrogens (tertiary/aromatic N) is 1. The molecule has 0 aliphatic rings. The van der Waals surface area contributed by atoms with Crippen molar-refractivity contribution in [2.45, 2.75) is 386 Å². The average molecular weight is 1310 g/mol. The Morgan fingerprint density at radius 2 is 0.663 bits per heavy atom. The van der Waals surface area contributed by atoms with Crippen LogP contribution in [0.2, 0.25) is 0 Å². The lowest BCUT2D eigenvalue weighted by Crippen LogP contribution is -2.45. The molecule has 92 heavy (non-hydrogen) atoms. The van der Waals surface area contributed by atoms with Gasteiger partial charge in [0.15, 0.2) is 0 Å². The molecule has 0 aromatic carbocycles. The molecule has 0 aliphatic carbocycles. The average Bonchev–Trinajstić information content (AvgIpc) is 2.63. The van der Waals surface area contributed by atoms with Gasteiger partial charge in [0, 0.05) is 6.42 Å². The summed E-state index contributed by atoms with van der Waals surface area (Å²) >= 11 is 0. The van der Waals surface area contributed by atoms with Gasteiger partial charge in [-0.05, 0) is 83.5 Å². The van der Waals surface area contributed by atoms with E-state index in [1.807, 2.05) is 27.2 Å². The Morgan fingerprint density at radius 1 is 0.380 bits per heavy atom. The van der Waals surface area contributed by atoms with E-state index in [-0.39, 0.29) is 19.1 Å². The van der Waals surface area contributed by atoms with E-state index in [0.717, 1.165) is 77.0 Å². The number of phosphoric acid groups is 1. The highest BCUT2D eigenvalue weighted by molar-refractivity contribution is 7.47. The monoisotopic (exact) mass is 1310 g/mol. The molecule has 3 N–H and O–H groups in total. The number of aliphatic hydroxyl groups excluding tert-OH is 1. The summed E-state index contributed by atoms with van der Waals surface area (Å²) < 4.78 is 23.9. The molecule has 9 heteroatoms. The Bertz CT molecular complexity index is 1830. The molecule has 0 aromatic heterocycles. The van der Waals surface area contributed by atoms with E-state index < -0.39 is 20.0 Å². The Hall–Kier alpha value is -2.58. The highest BCUT2D eigenvalue weighted by atomic mass is 31.2. The molecule has 0 saturated carbocycles. The molecule has 536 valence electrons. The lowest BCUT2D eigenvalue weighted by Gasteiger charge is -2.25. The second-order valence-electron chi connectivity index (χ2n) is 28.1. The zero-order chi connectivity index (χ0) is 66.9. The van der Waals surface area contributed by atoms with Crippen molar-refractivity contribution in [2.75, 3.05) is 40.9 Å². The number of allylic oxidation sites excluding steroid dienone is 15. The molecule has 3 atom stereocenters. The molecule has 0 aromatic rings. The molecule has 0 bridgehead atoms. The van der Waals surface area contributed by atoms with Crippen molar-refractivity contribution in [2.24, 2.45) is 0 Å². The summed E-state index contributed by atoms with van der Waals surface area (Å²) in [6.45, 7) is 4.73. The molecule has 8 nitrogen and oxygen atoms in total. The lowest BCUT2D eigenvalue weighted by molar-refractivity contribution is -0.870. The minimum atomic E-state index is -4.37. The fourth-order valence-electron chi connectivity index (χ4n) is 11.7. The summed E-state index contributed by atoms with van der Waals surface area (Å²) in [5.41, 5.74) is 0. The molecule has 0 rings (SSSR count). The highest BCUT2D eigenvalue weighted by Gasteiger charge is 2.28. The first-order valence-corrected chi connectivity index (χ1v) is 41.1. The van der Waals surface area contributed by atoms with Crippen LogP contribution in [-0.4, -0.2) is 73.4 Å². The van der Waals surface area contributed by atoms with Gasteiger partial charge in [0.2, 0.25) is 5.91 Å². The molecule has 3 unspecified atom stereocenters. The maximum absolute atomic E-state index is 13.1. The lowest BCUT2D eigenvalue weighted by atomic mass is 10.0. The molecular formula is C83H154N2O6P+. The van der Waals surface area contributed by atoms with Crippen LogP contribution in [0.1, 0.15) is 373 Å². The number of unbranched alkanes of at least 4 members (excludes halogenated alkanes) is 46. The normalized spacial score (nSPS) is 14.0. The van der Waals surface area contributed by atoms with Gasteiger partial charge in [-0.15, -0.1) is 0 Å². The summed E-state index contributed by atoms with van der Waals surface area (Å²) in [5, 5.41) is 14.0. The fraction of sp³-hybridized carbons (Fsp3) is 0.795. The van der Waals surface area contributed by atoms with E-state index in [4.69, 9.17) is 9.05 Å². The zero-order valence-corrected chi connectivity index (χ0v) is 62.4. The van der Waals surface area contributed by atoms with Crippen molar-refractivity contribution in [3.8, 4) is 0 Å². The maximum Gasteiger partial charge on any atom is 0.472 e. The van der Waals surface area contributed by atoms with Crippen molar-refractivity contribution < 1.29 is 32.9 Å². The number of carbonyl (C=O) groups is 1. The molecule has 0 fully saturated rings. The van der Waals surface area contributed by atoms with Crippen molar-refractivity contribution in [1.29, 1.82) is 0 Å². The van der Waals surface area contributed by atoms with Gasteiger partial charge in [-0.3, -0.25) is 13.8 Å². The molecular weight excluding hydrogens is 1150 g/mol. The van der Waals surface area contributed by atoms with Crippen molar-refractivity contribution in [1.82, 2.24) is 5.32 Å². The van der Waals surface area contributed by atoms with Crippen LogP contribution in [0.25, 0.3) is 0 Å². The number of likely N-dealkylation sites (N-methyl/N-ethyl adjacent to an activating group) is 1. The number of aliphatic hydroxyl groups is 1. The zero-order valence-electron chi connectivity index (χ0n) is 61.5. The molecule has 0 radical (unpaired) electrons. The van der Waals surface area contributed by atoms with Gasteiger partial charge in [0.25, 0.3) is 0 Å². The van der Waals surface area contributed by atoms with Crippen LogP contribution in [0.3, 0.4) is 0 Å². The van der Waals surface area contributed by atoms with Gasteiger partial charge in [-0.25, -0.2) is 4.57 Å². The van der Waals surface area contributed by atoms with Crippen molar-refractivity contribution >= 4 is 13.7 Å². The number of nitrogens with one attached hydrogen (secondary N) is 1. The van der Waals surface area contributed by atoms with E-state index in [1.165, 1.54) is 276 Å². The predicted molar refractivity (Wildman–Crippen MR) is 406 cm³/mol. The second-order valence-corrected chi connectivity index (χ2v) is 29.5. The van der Waals surface area contributed by atoms with Crippen LogP contribution in [0.4, 0.5) is 0 Å². The van der Waals surface area contributed by atoms with Gasteiger partial charge in [0.1, 0.15) is 13.2 Å². The van der Waals surface area contributed by atoms with E-state index in [9.17, 15) is 19.4 Å². The number of phosphoric ester groups is 1. The quantitative estimate of drug-likeness (QED) is 0.0243. The van der Waals surface area contributed by atoms with Gasteiger partial charge in [-0.2, -0.15) is 0 Å². The molecule has 0 saturated heterocycles. The van der Waals surface area contributed by atoms with Gasteiger partial charge < -0.3 is 19.8 Å². The summed E-state index contributed by atoms with van der Waals surface area (Å²) in [5.74, 6) is -0.181. The number of amides is 1. The first kappa shape index (κ1) is 89.4. The number of hydrogen-bond donors (Lipinski definition) is 3. The summed E-state index contributed by atoms with van der Waals surface area (Å²) in [4.78, 5) is 23.5. The Kier molecular flexibility index (Phi) is 70.6. The van der Waals surface area contributed by atoms with Crippen LogP contribution < -0.4 is 5.32 Å². The first-order valence-electron chi connectivity index (χ1n) is 39.6. The van der Waals surface area contributed by atoms with Gasteiger partial charge >= 0.3 is 7.82 Å². The number of carbonyl (C=O) groups excluding carboxylic acids is 1. The largest absolute Gasteiger partial charge is 0.472 e. The molecule has 0 spiro atoms. The van der Waals surface area contributed by atoms with Crippen LogP contribution in [0, 0.1) is 0 Å². The van der Waals surface area contributed by atoms with Crippen LogP contribution in [-0.2, 0) is 18.4 Å². The minimum absolute atomic E-state index is 0.0555. The second kappa shape index (κ2) is 72.7. The van der Waals surface area contributed by atoms with E-state index >= 15 is 0 Å². The third-order valence-corrected chi connectivity index (χ3v) is 18.8. The SMILES string of the molecule is CC/C=C\C/C=C\C/C=C\C/C=C\C/C=C\C/C=C\CCCCCCCCCCCCCCCCCCCCCCCCC(=O)NC(COP(=O)(O)OCC[N+](C)(C)C)C(O)/C=C/CC/C=C/CCCCCCCCCCCCCCCCCCCCCCCCC. The fourth-order valence-corrected chi connectivity index (χ4v) is 12.5. The number of hydrogen-bond acceptors (Lipinski definition) is 5. The van der Waals surface area contributed by atoms with Gasteiger partial charge in [-0.1, -0.05) is 381 Å². The Labute approximate surface area is 572 Å². The maximum atomic E-state index is 13.1. The van der Waals surface area contributed by atoms with Gasteiger partial charge in [0.05, 0.1) is 39.9 Å². The molecule has 0 aliphatic heterocycles.